The minimum absolute atomic E-state index is 0.126. The summed E-state index contributed by atoms with van der Waals surface area (Å²) in [4.78, 5) is 2.44. The number of nitrogens with zero attached hydrogens (tertiary/aromatic N) is 2. The largest absolute Gasteiger partial charge is 0.335 e. The van der Waals surface area contributed by atoms with Crippen molar-refractivity contribution < 1.29 is 0 Å². The summed E-state index contributed by atoms with van der Waals surface area (Å²) in [6.45, 7) is 6.90. The van der Waals surface area contributed by atoms with Crippen LogP contribution in [0.25, 0.3) is 77.1 Å². The third kappa shape index (κ3) is 6.24. The standard InChI is InChI=1S/C56H44N2/c1-56(2,3)58-53-29-16-15-26-50(53)51-35-34-45(38-54(51)58)57(46-36-43-24-13-14-25-47(43)52(37-46)41-22-11-6-12-23-41)44-32-30-42(31-33-44)55-48(39-18-7-4-8-19-39)27-17-28-49(55)40-20-9-5-10-21-40/h4-38H,1-3H3. The molecule has 58 heavy (non-hydrogen) atoms. The molecule has 2 nitrogen and oxygen atoms in total. The first-order chi connectivity index (χ1) is 28.4. The number of benzene rings is 9. The summed E-state index contributed by atoms with van der Waals surface area (Å²) < 4.78 is 2.50. The van der Waals surface area contributed by atoms with Crippen LogP contribution in [-0.2, 0) is 5.54 Å². The summed E-state index contributed by atoms with van der Waals surface area (Å²) in [6, 6.07) is 77.5. The van der Waals surface area contributed by atoms with Gasteiger partial charge in [-0.3, -0.25) is 0 Å². The molecule has 1 aromatic heterocycles. The van der Waals surface area contributed by atoms with E-state index in [0.717, 1.165) is 17.1 Å². The van der Waals surface area contributed by atoms with Crippen LogP contribution in [0.15, 0.2) is 212 Å². The Morgan fingerprint density at radius 3 is 1.48 bits per heavy atom. The second kappa shape index (κ2) is 14.4. The lowest BCUT2D eigenvalue weighted by molar-refractivity contribution is 0.423. The molecular formula is C56H44N2. The molecule has 10 aromatic rings. The van der Waals surface area contributed by atoms with Gasteiger partial charge >= 0.3 is 0 Å². The number of rotatable bonds is 7. The van der Waals surface area contributed by atoms with Crippen LogP contribution in [0.1, 0.15) is 20.8 Å². The maximum atomic E-state index is 2.50. The average Bonchev–Trinajstić information content (AvgIpc) is 3.62. The Labute approximate surface area is 340 Å². The normalized spacial score (nSPS) is 11.7. The zero-order valence-corrected chi connectivity index (χ0v) is 33.1. The van der Waals surface area contributed by atoms with Gasteiger partial charge in [-0.2, -0.15) is 0 Å². The predicted octanol–water partition coefficient (Wildman–Crippen LogP) is 15.8. The number of hydrogen-bond donors (Lipinski definition) is 0. The first-order valence-electron chi connectivity index (χ1n) is 20.2. The van der Waals surface area contributed by atoms with Crippen LogP contribution in [0.2, 0.25) is 0 Å². The van der Waals surface area contributed by atoms with Crippen LogP contribution in [-0.4, -0.2) is 4.57 Å². The van der Waals surface area contributed by atoms with Crippen molar-refractivity contribution in [3.63, 3.8) is 0 Å². The summed E-state index contributed by atoms with van der Waals surface area (Å²) in [6.07, 6.45) is 0. The molecule has 0 aliphatic rings. The van der Waals surface area contributed by atoms with Gasteiger partial charge in [0.2, 0.25) is 0 Å². The third-order valence-corrected chi connectivity index (χ3v) is 11.4. The van der Waals surface area contributed by atoms with Crippen molar-refractivity contribution in [3.8, 4) is 44.5 Å². The molecule has 0 aliphatic carbocycles. The summed E-state index contributed by atoms with van der Waals surface area (Å²) in [5, 5.41) is 4.98. The second-order valence-electron chi connectivity index (χ2n) is 16.1. The molecule has 0 bridgehead atoms. The molecule has 10 rings (SSSR count). The zero-order valence-electron chi connectivity index (χ0n) is 33.1. The van der Waals surface area contributed by atoms with Gasteiger partial charge in [0.15, 0.2) is 0 Å². The van der Waals surface area contributed by atoms with Gasteiger partial charge in [-0.25, -0.2) is 0 Å². The number of para-hydroxylation sites is 1. The fraction of sp³-hybridized carbons (Fsp3) is 0.0714. The van der Waals surface area contributed by atoms with Crippen molar-refractivity contribution in [2.45, 2.75) is 26.3 Å². The molecule has 0 unspecified atom stereocenters. The van der Waals surface area contributed by atoms with E-state index in [1.807, 2.05) is 0 Å². The first kappa shape index (κ1) is 35.3. The van der Waals surface area contributed by atoms with Crippen LogP contribution in [0.4, 0.5) is 17.1 Å². The monoisotopic (exact) mass is 744 g/mol. The van der Waals surface area contributed by atoms with Crippen molar-refractivity contribution in [1.29, 1.82) is 0 Å². The molecule has 0 spiro atoms. The van der Waals surface area contributed by atoms with Crippen LogP contribution < -0.4 is 4.90 Å². The molecule has 0 fully saturated rings. The smallest absolute Gasteiger partial charge is 0.0517 e. The molecule has 0 N–H and O–H groups in total. The summed E-state index contributed by atoms with van der Waals surface area (Å²) in [5.41, 5.74) is 15.3. The Bertz CT molecular complexity index is 3000. The molecule has 0 saturated heterocycles. The lowest BCUT2D eigenvalue weighted by atomic mass is 9.87. The Hall–Kier alpha value is -7.16. The van der Waals surface area contributed by atoms with E-state index in [4.69, 9.17) is 0 Å². The molecule has 0 radical (unpaired) electrons. The minimum Gasteiger partial charge on any atom is -0.335 e. The molecule has 9 aromatic carbocycles. The maximum Gasteiger partial charge on any atom is 0.0517 e. The first-order valence-corrected chi connectivity index (χ1v) is 20.2. The second-order valence-corrected chi connectivity index (χ2v) is 16.1. The predicted molar refractivity (Wildman–Crippen MR) is 248 cm³/mol. The Morgan fingerprint density at radius 1 is 0.345 bits per heavy atom. The van der Waals surface area contributed by atoms with Gasteiger partial charge in [0.1, 0.15) is 0 Å². The highest BCUT2D eigenvalue weighted by atomic mass is 15.1. The van der Waals surface area contributed by atoms with Gasteiger partial charge < -0.3 is 9.47 Å². The zero-order chi connectivity index (χ0) is 39.2. The van der Waals surface area contributed by atoms with Gasteiger partial charge in [-0.15, -0.1) is 0 Å². The summed E-state index contributed by atoms with van der Waals surface area (Å²) >= 11 is 0. The van der Waals surface area contributed by atoms with Gasteiger partial charge in [0, 0.05) is 38.9 Å². The highest BCUT2D eigenvalue weighted by Crippen LogP contribution is 2.45. The third-order valence-electron chi connectivity index (χ3n) is 11.4. The highest BCUT2D eigenvalue weighted by Gasteiger charge is 2.23. The Kier molecular flexibility index (Phi) is 8.76. The summed E-state index contributed by atoms with van der Waals surface area (Å²) in [5.74, 6) is 0. The van der Waals surface area contributed by atoms with E-state index < -0.39 is 0 Å². The molecule has 2 heteroatoms. The van der Waals surface area contributed by atoms with Gasteiger partial charge in [-0.1, -0.05) is 170 Å². The molecule has 0 saturated carbocycles. The molecule has 0 atom stereocenters. The van der Waals surface area contributed by atoms with Crippen LogP contribution >= 0.6 is 0 Å². The van der Waals surface area contributed by atoms with Crippen molar-refractivity contribution in [3.05, 3.63) is 212 Å². The van der Waals surface area contributed by atoms with E-state index in [9.17, 15) is 0 Å². The van der Waals surface area contributed by atoms with Crippen molar-refractivity contribution in [1.82, 2.24) is 4.57 Å². The quantitative estimate of drug-likeness (QED) is 0.158. The van der Waals surface area contributed by atoms with Crippen LogP contribution in [0.3, 0.4) is 0 Å². The fourth-order valence-corrected chi connectivity index (χ4v) is 8.91. The maximum absolute atomic E-state index is 2.50. The lowest BCUT2D eigenvalue weighted by Crippen LogP contribution is -2.21. The highest BCUT2D eigenvalue weighted by molar-refractivity contribution is 6.10. The molecule has 278 valence electrons. The number of aromatic nitrogens is 1. The van der Waals surface area contributed by atoms with Gasteiger partial charge in [0.05, 0.1) is 5.52 Å². The van der Waals surface area contributed by atoms with E-state index >= 15 is 0 Å². The summed E-state index contributed by atoms with van der Waals surface area (Å²) in [7, 11) is 0. The molecule has 0 aliphatic heterocycles. The minimum atomic E-state index is -0.126. The van der Waals surface area contributed by atoms with Crippen molar-refractivity contribution >= 4 is 49.6 Å². The Morgan fingerprint density at radius 2 is 0.862 bits per heavy atom. The SMILES string of the molecule is CC(C)(C)n1c2ccccc2c2ccc(N(c3ccc(-c4c(-c5ccccc5)cccc4-c4ccccc4)cc3)c3cc(-c4ccccc4)c4ccccc4c3)cc21. The topological polar surface area (TPSA) is 8.17 Å². The van der Waals surface area contributed by atoms with Crippen molar-refractivity contribution in [2.75, 3.05) is 4.90 Å². The lowest BCUT2D eigenvalue weighted by Gasteiger charge is -2.28. The van der Waals surface area contributed by atoms with Crippen LogP contribution in [0.5, 0.6) is 0 Å². The molecular weight excluding hydrogens is 701 g/mol. The van der Waals surface area contributed by atoms with E-state index in [0.29, 0.717) is 0 Å². The van der Waals surface area contributed by atoms with E-state index in [1.54, 1.807) is 0 Å². The van der Waals surface area contributed by atoms with Gasteiger partial charge in [0.25, 0.3) is 0 Å². The number of hydrogen-bond acceptors (Lipinski definition) is 1. The van der Waals surface area contributed by atoms with E-state index in [1.165, 1.54) is 77.1 Å². The molecule has 1 heterocycles. The van der Waals surface area contributed by atoms with E-state index in [2.05, 4.69) is 243 Å². The van der Waals surface area contributed by atoms with E-state index in [-0.39, 0.29) is 5.54 Å². The average molecular weight is 745 g/mol. The Balaban J connectivity index is 1.21. The van der Waals surface area contributed by atoms with Crippen LogP contribution in [0, 0.1) is 0 Å². The van der Waals surface area contributed by atoms with Gasteiger partial charge in [-0.05, 0) is 119 Å². The number of anilines is 3. The van der Waals surface area contributed by atoms with Crippen molar-refractivity contribution in [2.24, 2.45) is 0 Å². The number of fused-ring (bicyclic) bond motifs is 4. The molecule has 0 amide bonds. The fourth-order valence-electron chi connectivity index (χ4n) is 8.91.